The summed E-state index contributed by atoms with van der Waals surface area (Å²) in [6, 6.07) is 11.7. The third-order valence-corrected chi connectivity index (χ3v) is 4.37. The van der Waals surface area contributed by atoms with Crippen LogP contribution in [-0.2, 0) is 6.61 Å². The standard InChI is InChI=1S/C24H18FN3O2/c1-3-4-6-17-9-10-22(23(11-17)29-2)18-13-26-24-27-20(15-28(24)14-18)16-30-21-8-5-7-19(25)12-21/h3,5,7-15H,1,16H2,2H3. The lowest BCUT2D eigenvalue weighted by atomic mass is 10.1. The summed E-state index contributed by atoms with van der Waals surface area (Å²) in [5.41, 5.74) is 3.29. The Morgan fingerprint density at radius 1 is 1.20 bits per heavy atom. The minimum atomic E-state index is -0.343. The van der Waals surface area contributed by atoms with Gasteiger partial charge in [-0.3, -0.25) is 4.40 Å². The number of hydrogen-bond donors (Lipinski definition) is 0. The molecule has 0 atom stereocenters. The van der Waals surface area contributed by atoms with Gasteiger partial charge in [-0.1, -0.05) is 24.5 Å². The predicted octanol–water partition coefficient (Wildman–Crippen LogP) is 4.66. The minimum Gasteiger partial charge on any atom is -0.496 e. The second kappa shape index (κ2) is 8.50. The molecule has 2 aromatic carbocycles. The molecule has 0 fully saturated rings. The van der Waals surface area contributed by atoms with Crippen molar-refractivity contribution >= 4 is 5.78 Å². The van der Waals surface area contributed by atoms with Crippen molar-refractivity contribution in [1.29, 1.82) is 0 Å². The van der Waals surface area contributed by atoms with Crippen molar-refractivity contribution in [3.63, 3.8) is 0 Å². The smallest absolute Gasteiger partial charge is 0.234 e. The Morgan fingerprint density at radius 2 is 2.10 bits per heavy atom. The van der Waals surface area contributed by atoms with Gasteiger partial charge in [-0.05, 0) is 36.4 Å². The third-order valence-electron chi connectivity index (χ3n) is 4.37. The molecule has 148 valence electrons. The van der Waals surface area contributed by atoms with E-state index < -0.39 is 0 Å². The second-order valence-corrected chi connectivity index (χ2v) is 6.42. The van der Waals surface area contributed by atoms with Crippen LogP contribution in [0.3, 0.4) is 0 Å². The van der Waals surface area contributed by atoms with Crippen LogP contribution < -0.4 is 9.47 Å². The Hall–Kier alpha value is -4.11. The molecule has 0 saturated heterocycles. The monoisotopic (exact) mass is 399 g/mol. The summed E-state index contributed by atoms with van der Waals surface area (Å²) in [7, 11) is 1.62. The maximum Gasteiger partial charge on any atom is 0.234 e. The molecule has 0 bridgehead atoms. The number of allylic oxidation sites excluding steroid dienone is 1. The minimum absolute atomic E-state index is 0.210. The molecule has 0 spiro atoms. The molecular weight excluding hydrogens is 381 g/mol. The first-order valence-electron chi connectivity index (χ1n) is 9.19. The third kappa shape index (κ3) is 4.15. The van der Waals surface area contributed by atoms with Crippen LogP contribution in [0.2, 0.25) is 0 Å². The van der Waals surface area contributed by atoms with E-state index in [0.29, 0.717) is 23.0 Å². The lowest BCUT2D eigenvalue weighted by Crippen LogP contribution is -1.95. The second-order valence-electron chi connectivity index (χ2n) is 6.42. The lowest BCUT2D eigenvalue weighted by Gasteiger charge is -2.09. The van der Waals surface area contributed by atoms with Gasteiger partial charge in [0.1, 0.15) is 23.9 Å². The zero-order valence-corrected chi connectivity index (χ0v) is 16.3. The first kappa shape index (κ1) is 19.2. The summed E-state index contributed by atoms with van der Waals surface area (Å²) in [5.74, 6) is 7.17. The van der Waals surface area contributed by atoms with Crippen LogP contribution in [0.4, 0.5) is 4.39 Å². The first-order chi connectivity index (χ1) is 14.7. The van der Waals surface area contributed by atoms with Crippen LogP contribution >= 0.6 is 0 Å². The molecule has 0 unspecified atom stereocenters. The summed E-state index contributed by atoms with van der Waals surface area (Å²) in [6.45, 7) is 3.81. The zero-order chi connectivity index (χ0) is 20.9. The molecule has 5 nitrogen and oxygen atoms in total. The number of nitrogens with zero attached hydrogens (tertiary/aromatic N) is 3. The number of hydrogen-bond acceptors (Lipinski definition) is 4. The summed E-state index contributed by atoms with van der Waals surface area (Å²) < 4.78 is 26.3. The largest absolute Gasteiger partial charge is 0.496 e. The average molecular weight is 399 g/mol. The lowest BCUT2D eigenvalue weighted by molar-refractivity contribution is 0.300. The zero-order valence-electron chi connectivity index (χ0n) is 16.3. The van der Waals surface area contributed by atoms with Gasteiger partial charge in [0.25, 0.3) is 0 Å². The predicted molar refractivity (Wildman–Crippen MR) is 113 cm³/mol. The van der Waals surface area contributed by atoms with Crippen LogP contribution in [0.25, 0.3) is 16.9 Å². The molecule has 4 aromatic rings. The molecule has 0 saturated carbocycles. The molecule has 30 heavy (non-hydrogen) atoms. The topological polar surface area (TPSA) is 48.7 Å². The molecule has 2 aromatic heterocycles. The molecule has 6 heteroatoms. The van der Waals surface area contributed by atoms with E-state index in [-0.39, 0.29) is 12.4 Å². The number of halogens is 1. The van der Waals surface area contributed by atoms with E-state index in [1.807, 2.05) is 35.0 Å². The summed E-state index contributed by atoms with van der Waals surface area (Å²) in [5, 5.41) is 0. The Balaban J connectivity index is 1.60. The van der Waals surface area contributed by atoms with Crippen LogP contribution in [0.15, 0.2) is 73.7 Å². The van der Waals surface area contributed by atoms with Crippen molar-refractivity contribution in [3.05, 3.63) is 90.8 Å². The Bertz CT molecular complexity index is 1280. The highest BCUT2D eigenvalue weighted by molar-refractivity contribution is 5.71. The summed E-state index contributed by atoms with van der Waals surface area (Å²) in [6.07, 6.45) is 7.05. The van der Waals surface area contributed by atoms with Gasteiger partial charge in [0, 0.05) is 41.3 Å². The number of imidazole rings is 1. The number of methoxy groups -OCH3 is 1. The molecule has 0 radical (unpaired) electrons. The first-order valence-corrected chi connectivity index (χ1v) is 9.19. The molecule has 0 N–H and O–H groups in total. The van der Waals surface area contributed by atoms with Crippen LogP contribution in [0.1, 0.15) is 11.3 Å². The van der Waals surface area contributed by atoms with Crippen molar-refractivity contribution in [2.24, 2.45) is 0 Å². The number of benzene rings is 2. The Morgan fingerprint density at radius 3 is 2.90 bits per heavy atom. The summed E-state index contributed by atoms with van der Waals surface area (Å²) in [4.78, 5) is 8.88. The quantitative estimate of drug-likeness (QED) is 0.458. The SMILES string of the molecule is C=CC#Cc1ccc(-c2cnc3nc(COc4cccc(F)c4)cn3c2)c(OC)c1. The van der Waals surface area contributed by atoms with Crippen molar-refractivity contribution < 1.29 is 13.9 Å². The number of ether oxygens (including phenoxy) is 2. The van der Waals surface area contributed by atoms with E-state index in [1.165, 1.54) is 12.1 Å². The van der Waals surface area contributed by atoms with Crippen LogP contribution in [0, 0.1) is 17.7 Å². The fraction of sp³-hybridized carbons (Fsp3) is 0.0833. The fourth-order valence-electron chi connectivity index (χ4n) is 3.00. The highest BCUT2D eigenvalue weighted by Crippen LogP contribution is 2.30. The van der Waals surface area contributed by atoms with E-state index >= 15 is 0 Å². The summed E-state index contributed by atoms with van der Waals surface area (Å²) >= 11 is 0. The van der Waals surface area contributed by atoms with E-state index in [1.54, 1.807) is 31.5 Å². The molecule has 0 aliphatic rings. The van der Waals surface area contributed by atoms with Crippen molar-refractivity contribution in [2.75, 3.05) is 7.11 Å². The van der Waals surface area contributed by atoms with Crippen LogP contribution in [0.5, 0.6) is 11.5 Å². The molecule has 0 amide bonds. The van der Waals surface area contributed by atoms with E-state index in [0.717, 1.165) is 16.7 Å². The molecular formula is C24H18FN3O2. The average Bonchev–Trinajstić information content (AvgIpc) is 3.18. The van der Waals surface area contributed by atoms with Gasteiger partial charge in [0.2, 0.25) is 5.78 Å². The van der Waals surface area contributed by atoms with Gasteiger partial charge in [-0.25, -0.2) is 14.4 Å². The molecule has 2 heterocycles. The maximum atomic E-state index is 13.3. The van der Waals surface area contributed by atoms with E-state index in [4.69, 9.17) is 9.47 Å². The number of fused-ring (bicyclic) bond motifs is 1. The van der Waals surface area contributed by atoms with Crippen molar-refractivity contribution in [3.8, 4) is 34.5 Å². The van der Waals surface area contributed by atoms with E-state index in [9.17, 15) is 4.39 Å². The Kier molecular flexibility index (Phi) is 5.44. The van der Waals surface area contributed by atoms with Gasteiger partial charge in [0.05, 0.1) is 12.8 Å². The van der Waals surface area contributed by atoms with E-state index in [2.05, 4.69) is 28.4 Å². The highest BCUT2D eigenvalue weighted by Gasteiger charge is 2.10. The Labute approximate surface area is 173 Å². The van der Waals surface area contributed by atoms with Gasteiger partial charge in [-0.15, -0.1) is 0 Å². The van der Waals surface area contributed by atoms with Crippen LogP contribution in [-0.4, -0.2) is 21.5 Å². The van der Waals surface area contributed by atoms with Gasteiger partial charge in [0.15, 0.2) is 0 Å². The maximum absolute atomic E-state index is 13.3. The van der Waals surface area contributed by atoms with Gasteiger partial charge < -0.3 is 9.47 Å². The number of rotatable bonds is 5. The normalized spacial score (nSPS) is 10.3. The van der Waals surface area contributed by atoms with Crippen molar-refractivity contribution in [2.45, 2.75) is 6.61 Å². The molecule has 4 rings (SSSR count). The van der Waals surface area contributed by atoms with Gasteiger partial charge in [-0.2, -0.15) is 0 Å². The van der Waals surface area contributed by atoms with Gasteiger partial charge >= 0.3 is 0 Å². The fourth-order valence-corrected chi connectivity index (χ4v) is 3.00. The number of aromatic nitrogens is 3. The molecule has 0 aliphatic carbocycles. The highest BCUT2D eigenvalue weighted by atomic mass is 19.1. The molecule has 0 aliphatic heterocycles. The van der Waals surface area contributed by atoms with Crippen molar-refractivity contribution in [1.82, 2.24) is 14.4 Å².